The van der Waals surface area contributed by atoms with Crippen LogP contribution in [0.15, 0.2) is 0 Å². The molecule has 3 aliphatic rings. The van der Waals surface area contributed by atoms with Gasteiger partial charge in [-0.2, -0.15) is 0 Å². The topological polar surface area (TPSA) is 120 Å². The summed E-state index contributed by atoms with van der Waals surface area (Å²) in [4.78, 5) is 31.7. The minimum absolute atomic E-state index is 0. The smallest absolute Gasteiger partial charge is 0.550 e. The molecule has 6 nitrogen and oxygen atoms in total. The summed E-state index contributed by atoms with van der Waals surface area (Å²) in [6, 6.07) is 0. The second-order valence-corrected chi connectivity index (χ2v) is 11.5. The first-order chi connectivity index (χ1) is 15.3. The predicted octanol–water partition coefficient (Wildman–Crippen LogP) is 2.05. The van der Waals surface area contributed by atoms with Gasteiger partial charge in [-0.05, 0) is 74.0 Å². The van der Waals surface area contributed by atoms with Gasteiger partial charge < -0.3 is 29.7 Å². The Labute approximate surface area is 219 Å². The van der Waals surface area contributed by atoms with Crippen LogP contribution in [-0.2, 0) is 14.4 Å². The molecule has 0 aromatic heterocycles. The second kappa shape index (κ2) is 15.9. The third-order valence-corrected chi connectivity index (χ3v) is 8.20. The molecule has 9 atom stereocenters. The molecule has 0 bridgehead atoms. The standard InChI is InChI=1S/3C9H16O2.Ga/c3*1-6-3-4-8(9(10)11)7(2)5-6;/h3*6-8H,3-5H2,1-2H3,(H,10,11);/q;;;+3/p-3. The number of carbonyl (C=O) groups is 3. The minimum atomic E-state index is -0.857. The largest absolute Gasteiger partial charge is 3.00 e. The van der Waals surface area contributed by atoms with Crippen LogP contribution in [0.3, 0.4) is 0 Å². The molecule has 3 saturated carbocycles. The van der Waals surface area contributed by atoms with E-state index in [1.54, 1.807) is 0 Å². The molecular formula is C27H45GaO6. The normalized spacial score (nSPS) is 37.4. The van der Waals surface area contributed by atoms with E-state index in [1.165, 1.54) is 0 Å². The predicted molar refractivity (Wildman–Crippen MR) is 128 cm³/mol. The van der Waals surface area contributed by atoms with Gasteiger partial charge in [0.1, 0.15) is 0 Å². The van der Waals surface area contributed by atoms with Crippen molar-refractivity contribution in [3.05, 3.63) is 0 Å². The monoisotopic (exact) mass is 534 g/mol. The summed E-state index contributed by atoms with van der Waals surface area (Å²) in [6.45, 7) is 12.6. The molecule has 3 fully saturated rings. The van der Waals surface area contributed by atoms with Crippen molar-refractivity contribution >= 4 is 37.7 Å². The molecule has 0 radical (unpaired) electrons. The average Bonchev–Trinajstić information content (AvgIpc) is 2.68. The van der Waals surface area contributed by atoms with Crippen LogP contribution < -0.4 is 15.3 Å². The van der Waals surface area contributed by atoms with Gasteiger partial charge >= 0.3 is 19.8 Å². The molecule has 9 unspecified atom stereocenters. The van der Waals surface area contributed by atoms with Gasteiger partial charge in [-0.15, -0.1) is 0 Å². The molecule has 0 aliphatic heterocycles. The van der Waals surface area contributed by atoms with Crippen molar-refractivity contribution in [1.29, 1.82) is 0 Å². The molecule has 192 valence electrons. The Balaban J connectivity index is 0.000000473. The molecule has 3 aliphatic carbocycles. The van der Waals surface area contributed by atoms with Crippen molar-refractivity contribution in [2.75, 3.05) is 0 Å². The quantitative estimate of drug-likeness (QED) is 0.511. The van der Waals surface area contributed by atoms with Gasteiger partial charge in [-0.1, -0.05) is 60.8 Å². The number of hydrogen-bond acceptors (Lipinski definition) is 6. The van der Waals surface area contributed by atoms with Gasteiger partial charge in [0, 0.05) is 35.7 Å². The van der Waals surface area contributed by atoms with E-state index >= 15 is 0 Å². The first kappa shape index (κ1) is 33.0. The Morgan fingerprint density at radius 2 is 0.676 bits per heavy atom. The van der Waals surface area contributed by atoms with E-state index in [0.29, 0.717) is 35.5 Å². The molecule has 0 spiro atoms. The zero-order valence-corrected chi connectivity index (χ0v) is 24.5. The number of aliphatic carboxylic acids is 3. The summed E-state index contributed by atoms with van der Waals surface area (Å²) in [5.74, 6) is -0.125. The van der Waals surface area contributed by atoms with E-state index < -0.39 is 17.9 Å². The van der Waals surface area contributed by atoms with Gasteiger partial charge in [-0.3, -0.25) is 0 Å². The molecule has 3 rings (SSSR count). The maximum absolute atomic E-state index is 10.6. The minimum Gasteiger partial charge on any atom is -0.550 e. The van der Waals surface area contributed by atoms with Crippen LogP contribution in [0.4, 0.5) is 0 Å². The average molecular weight is 535 g/mol. The van der Waals surface area contributed by atoms with Crippen molar-refractivity contribution in [1.82, 2.24) is 0 Å². The summed E-state index contributed by atoms with van der Waals surface area (Å²) in [5, 5.41) is 31.7. The Morgan fingerprint density at radius 3 is 0.824 bits per heavy atom. The van der Waals surface area contributed by atoms with Crippen molar-refractivity contribution in [3.63, 3.8) is 0 Å². The molecule has 0 N–H and O–H groups in total. The fourth-order valence-corrected chi connectivity index (χ4v) is 6.05. The number of carboxylic acids is 3. The second-order valence-electron chi connectivity index (χ2n) is 11.5. The first-order valence-electron chi connectivity index (χ1n) is 13.0. The number of hydrogen-bond donors (Lipinski definition) is 0. The molecule has 0 heterocycles. The van der Waals surface area contributed by atoms with Crippen molar-refractivity contribution in [3.8, 4) is 0 Å². The van der Waals surface area contributed by atoms with Gasteiger partial charge in [0.15, 0.2) is 0 Å². The summed E-state index contributed by atoms with van der Waals surface area (Å²) in [7, 11) is 0. The van der Waals surface area contributed by atoms with Crippen LogP contribution in [0.2, 0.25) is 0 Å². The van der Waals surface area contributed by atoms with Gasteiger partial charge in [-0.25, -0.2) is 0 Å². The molecular weight excluding hydrogens is 490 g/mol. The fourth-order valence-electron chi connectivity index (χ4n) is 6.05. The van der Waals surface area contributed by atoms with E-state index in [9.17, 15) is 29.7 Å². The molecule has 0 aromatic rings. The Bertz CT molecular complexity index is 553. The number of rotatable bonds is 3. The molecule has 0 aromatic carbocycles. The zero-order valence-electron chi connectivity index (χ0n) is 22.1. The van der Waals surface area contributed by atoms with Gasteiger partial charge in [0.2, 0.25) is 0 Å². The zero-order chi connectivity index (χ0) is 25.3. The molecule has 0 amide bonds. The molecule has 34 heavy (non-hydrogen) atoms. The Kier molecular flexibility index (Phi) is 15.5. The number of carbonyl (C=O) groups excluding carboxylic acids is 3. The van der Waals surface area contributed by atoms with Crippen molar-refractivity contribution in [2.24, 2.45) is 53.3 Å². The Morgan fingerprint density at radius 1 is 0.471 bits per heavy atom. The van der Waals surface area contributed by atoms with Crippen LogP contribution in [-0.4, -0.2) is 37.7 Å². The Hall–Kier alpha value is -0.954. The van der Waals surface area contributed by atoms with E-state index in [0.717, 1.165) is 57.8 Å². The molecule has 0 saturated heterocycles. The van der Waals surface area contributed by atoms with Crippen LogP contribution in [0.5, 0.6) is 0 Å². The first-order valence-corrected chi connectivity index (χ1v) is 13.0. The summed E-state index contributed by atoms with van der Waals surface area (Å²) in [6.07, 6.45) is 8.69. The van der Waals surface area contributed by atoms with Crippen LogP contribution in [0.25, 0.3) is 0 Å². The number of carboxylic acid groups (broad SMARTS) is 3. The van der Waals surface area contributed by atoms with Crippen LogP contribution in [0, 0.1) is 53.3 Å². The summed E-state index contributed by atoms with van der Waals surface area (Å²) < 4.78 is 0. The third-order valence-electron chi connectivity index (χ3n) is 8.20. The van der Waals surface area contributed by atoms with E-state index in [1.807, 2.05) is 20.8 Å². The van der Waals surface area contributed by atoms with Crippen LogP contribution >= 0.6 is 0 Å². The van der Waals surface area contributed by atoms with Crippen LogP contribution in [0.1, 0.15) is 99.3 Å². The fraction of sp³-hybridized carbons (Fsp3) is 0.889. The maximum Gasteiger partial charge on any atom is 3.00 e. The van der Waals surface area contributed by atoms with Crippen molar-refractivity contribution in [2.45, 2.75) is 99.3 Å². The van der Waals surface area contributed by atoms with E-state index in [4.69, 9.17) is 0 Å². The molecule has 7 heteroatoms. The van der Waals surface area contributed by atoms with E-state index in [2.05, 4.69) is 20.8 Å². The third kappa shape index (κ3) is 11.2. The summed E-state index contributed by atoms with van der Waals surface area (Å²) in [5.41, 5.74) is 0. The van der Waals surface area contributed by atoms with Crippen molar-refractivity contribution < 1.29 is 29.7 Å². The SMILES string of the molecule is CC1CCC(C(=O)[O-])C(C)C1.CC1CCC(C(=O)[O-])C(C)C1.CC1CCC(C(=O)[O-])C(C)C1.[Ga+3]. The van der Waals surface area contributed by atoms with E-state index in [-0.39, 0.29) is 37.5 Å². The summed E-state index contributed by atoms with van der Waals surface area (Å²) >= 11 is 0. The maximum atomic E-state index is 10.6. The van der Waals surface area contributed by atoms with Gasteiger partial charge in [0.05, 0.1) is 0 Å². The van der Waals surface area contributed by atoms with Gasteiger partial charge in [0.25, 0.3) is 0 Å².